The van der Waals surface area contributed by atoms with Gasteiger partial charge in [-0.05, 0) is 31.2 Å². The van der Waals surface area contributed by atoms with Gasteiger partial charge in [0.15, 0.2) is 11.8 Å². The van der Waals surface area contributed by atoms with Crippen LogP contribution in [0.4, 0.5) is 0 Å². The van der Waals surface area contributed by atoms with Gasteiger partial charge < -0.3 is 15.2 Å². The molecular formula is C22H35IN6. The van der Waals surface area contributed by atoms with Crippen LogP contribution in [0.3, 0.4) is 0 Å². The molecule has 0 spiro atoms. The maximum absolute atomic E-state index is 4.42. The normalized spacial score (nSPS) is 14.5. The second-order valence-electron chi connectivity index (χ2n) is 7.63. The lowest BCUT2D eigenvalue weighted by atomic mass is 9.76. The van der Waals surface area contributed by atoms with E-state index in [1.165, 1.54) is 24.8 Å². The molecule has 0 atom stereocenters. The monoisotopic (exact) mass is 510 g/mol. The van der Waals surface area contributed by atoms with Crippen LogP contribution in [-0.2, 0) is 24.9 Å². The molecule has 0 amide bonds. The lowest BCUT2D eigenvalue weighted by Gasteiger charge is -2.33. The second kappa shape index (κ2) is 11.5. The van der Waals surface area contributed by atoms with Crippen LogP contribution in [0.2, 0.25) is 0 Å². The lowest BCUT2D eigenvalue weighted by molar-refractivity contribution is 0.389. The zero-order valence-electron chi connectivity index (χ0n) is 17.9. The molecule has 0 fully saturated rings. The van der Waals surface area contributed by atoms with Crippen molar-refractivity contribution in [2.75, 3.05) is 13.6 Å². The van der Waals surface area contributed by atoms with Crippen molar-refractivity contribution in [2.24, 2.45) is 4.99 Å². The summed E-state index contributed by atoms with van der Waals surface area (Å²) in [6.45, 7) is 7.04. The van der Waals surface area contributed by atoms with Crippen LogP contribution in [0.15, 0.2) is 35.3 Å². The molecule has 0 aliphatic carbocycles. The van der Waals surface area contributed by atoms with E-state index in [0.29, 0.717) is 6.54 Å². The minimum atomic E-state index is 0. The lowest BCUT2D eigenvalue weighted by Crippen LogP contribution is -2.45. The van der Waals surface area contributed by atoms with E-state index in [1.807, 2.05) is 7.05 Å². The smallest absolute Gasteiger partial charge is 0.191 e. The van der Waals surface area contributed by atoms with Crippen molar-refractivity contribution < 1.29 is 0 Å². The van der Waals surface area contributed by atoms with E-state index < -0.39 is 0 Å². The summed E-state index contributed by atoms with van der Waals surface area (Å²) in [7, 11) is 1.82. The number of halogens is 1. The highest BCUT2D eigenvalue weighted by Crippen LogP contribution is 2.30. The average molecular weight is 510 g/mol. The molecule has 160 valence electrons. The van der Waals surface area contributed by atoms with Crippen LogP contribution in [0, 0.1) is 0 Å². The van der Waals surface area contributed by atoms with Crippen molar-refractivity contribution in [3.8, 4) is 0 Å². The summed E-state index contributed by atoms with van der Waals surface area (Å²) in [6.07, 6.45) is 6.88. The van der Waals surface area contributed by atoms with Crippen LogP contribution < -0.4 is 10.6 Å². The molecule has 0 radical (unpaired) electrons. The Morgan fingerprint density at radius 3 is 2.52 bits per heavy atom. The highest BCUT2D eigenvalue weighted by Gasteiger charge is 2.28. The Hall–Kier alpha value is -1.64. The summed E-state index contributed by atoms with van der Waals surface area (Å²) >= 11 is 0. The Bertz CT molecular complexity index is 767. The molecule has 0 saturated carbocycles. The Kier molecular flexibility index (Phi) is 9.39. The fraction of sp³-hybridized carbons (Fsp3) is 0.591. The molecule has 1 aromatic carbocycles. The third-order valence-corrected chi connectivity index (χ3v) is 6.16. The van der Waals surface area contributed by atoms with Crippen molar-refractivity contribution in [1.29, 1.82) is 0 Å². The number of benzene rings is 1. The third kappa shape index (κ3) is 5.71. The number of fused-ring (bicyclic) bond motifs is 1. The maximum atomic E-state index is 4.42. The molecule has 2 aromatic rings. The first-order chi connectivity index (χ1) is 13.7. The maximum Gasteiger partial charge on any atom is 0.191 e. The zero-order valence-corrected chi connectivity index (χ0v) is 20.3. The first-order valence-corrected chi connectivity index (χ1v) is 10.6. The number of hydrogen-bond donors (Lipinski definition) is 2. The van der Waals surface area contributed by atoms with Gasteiger partial charge >= 0.3 is 0 Å². The summed E-state index contributed by atoms with van der Waals surface area (Å²) in [5, 5.41) is 15.8. The molecule has 2 N–H and O–H groups in total. The van der Waals surface area contributed by atoms with Crippen molar-refractivity contribution >= 4 is 29.9 Å². The number of aromatic nitrogens is 3. The molecule has 1 aromatic heterocycles. The van der Waals surface area contributed by atoms with Gasteiger partial charge in [-0.25, -0.2) is 0 Å². The number of nitrogens with one attached hydrogen (secondary N) is 2. The highest BCUT2D eigenvalue weighted by molar-refractivity contribution is 14.0. The number of aliphatic imine (C=N–C) groups is 1. The van der Waals surface area contributed by atoms with E-state index in [-0.39, 0.29) is 29.4 Å². The predicted molar refractivity (Wildman–Crippen MR) is 130 cm³/mol. The molecule has 3 rings (SSSR count). The molecule has 6 nitrogen and oxygen atoms in total. The molecule has 29 heavy (non-hydrogen) atoms. The summed E-state index contributed by atoms with van der Waals surface area (Å²) in [4.78, 5) is 4.42. The van der Waals surface area contributed by atoms with Crippen LogP contribution in [0.1, 0.15) is 63.2 Å². The first-order valence-electron chi connectivity index (χ1n) is 10.6. The number of nitrogens with zero attached hydrogens (tertiary/aromatic N) is 4. The molecule has 7 heteroatoms. The Morgan fingerprint density at radius 2 is 1.83 bits per heavy atom. The van der Waals surface area contributed by atoms with E-state index >= 15 is 0 Å². The highest BCUT2D eigenvalue weighted by atomic mass is 127. The van der Waals surface area contributed by atoms with Crippen LogP contribution in [0.25, 0.3) is 0 Å². The van der Waals surface area contributed by atoms with E-state index in [2.05, 4.69) is 74.6 Å². The van der Waals surface area contributed by atoms with Gasteiger partial charge in [0.2, 0.25) is 0 Å². The molecule has 2 heterocycles. The van der Waals surface area contributed by atoms with E-state index in [0.717, 1.165) is 50.0 Å². The number of guanidine groups is 1. The van der Waals surface area contributed by atoms with Crippen molar-refractivity contribution in [2.45, 2.75) is 70.9 Å². The molecule has 1 aliphatic rings. The Morgan fingerprint density at radius 1 is 1.07 bits per heavy atom. The van der Waals surface area contributed by atoms with E-state index in [9.17, 15) is 0 Å². The first kappa shape index (κ1) is 23.6. The predicted octanol–water partition coefficient (Wildman–Crippen LogP) is 4.05. The quantitative estimate of drug-likeness (QED) is 0.335. The molecule has 1 aliphatic heterocycles. The van der Waals surface area contributed by atoms with Crippen molar-refractivity contribution in [3.05, 3.63) is 47.5 Å². The molecule has 0 unspecified atom stereocenters. The summed E-state index contributed by atoms with van der Waals surface area (Å²) in [6, 6.07) is 10.8. The van der Waals surface area contributed by atoms with Gasteiger partial charge in [-0.1, -0.05) is 50.6 Å². The Labute approximate surface area is 192 Å². The number of rotatable bonds is 7. The SMILES string of the molecule is CCC(CC)(CNC(=NC)NCc1nnc2n1CCCCC2)c1ccccc1.I. The standard InChI is InChI=1S/C22H34N6.HI/c1-4-22(5-2,18-12-8-6-9-13-18)17-25-21(23-3)24-16-20-27-26-19-14-10-7-11-15-28(19)20;/h6,8-9,12-13H,4-5,7,10-11,14-17H2,1-3H3,(H2,23,24,25);1H. The summed E-state index contributed by atoms with van der Waals surface area (Å²) < 4.78 is 2.28. The number of hydrogen-bond acceptors (Lipinski definition) is 3. The molecular weight excluding hydrogens is 475 g/mol. The Balaban J connectivity index is 0.00000300. The largest absolute Gasteiger partial charge is 0.356 e. The van der Waals surface area contributed by atoms with Gasteiger partial charge in [0.05, 0.1) is 6.54 Å². The van der Waals surface area contributed by atoms with Crippen LogP contribution in [0.5, 0.6) is 0 Å². The van der Waals surface area contributed by atoms with Crippen molar-refractivity contribution in [1.82, 2.24) is 25.4 Å². The fourth-order valence-corrected chi connectivity index (χ4v) is 4.11. The van der Waals surface area contributed by atoms with Gasteiger partial charge in [-0.3, -0.25) is 4.99 Å². The summed E-state index contributed by atoms with van der Waals surface area (Å²) in [5.41, 5.74) is 1.48. The van der Waals surface area contributed by atoms with Crippen LogP contribution in [-0.4, -0.2) is 34.3 Å². The summed E-state index contributed by atoms with van der Waals surface area (Å²) in [5.74, 6) is 2.94. The topological polar surface area (TPSA) is 67.1 Å². The van der Waals surface area contributed by atoms with Crippen molar-refractivity contribution in [3.63, 3.8) is 0 Å². The van der Waals surface area contributed by atoms with Gasteiger partial charge in [-0.15, -0.1) is 34.2 Å². The van der Waals surface area contributed by atoms with E-state index in [4.69, 9.17) is 0 Å². The van der Waals surface area contributed by atoms with Gasteiger partial charge in [0, 0.05) is 32.0 Å². The number of aryl methyl sites for hydroxylation is 1. The van der Waals surface area contributed by atoms with Gasteiger partial charge in [-0.2, -0.15) is 0 Å². The minimum Gasteiger partial charge on any atom is -0.356 e. The zero-order chi connectivity index (χ0) is 19.8. The average Bonchev–Trinajstić information content (AvgIpc) is 2.98. The molecule has 0 bridgehead atoms. The fourth-order valence-electron chi connectivity index (χ4n) is 4.11. The van der Waals surface area contributed by atoms with Gasteiger partial charge in [0.1, 0.15) is 5.82 Å². The minimum absolute atomic E-state index is 0. The van der Waals surface area contributed by atoms with Gasteiger partial charge in [0.25, 0.3) is 0 Å². The third-order valence-electron chi connectivity index (χ3n) is 6.16. The molecule has 0 saturated heterocycles. The second-order valence-corrected chi connectivity index (χ2v) is 7.63. The van der Waals surface area contributed by atoms with E-state index in [1.54, 1.807) is 0 Å². The van der Waals surface area contributed by atoms with Crippen LogP contribution >= 0.6 is 24.0 Å².